The normalized spacial score (nSPS) is 10.2. The summed E-state index contributed by atoms with van der Waals surface area (Å²) in [6.45, 7) is 1.77. The summed E-state index contributed by atoms with van der Waals surface area (Å²) >= 11 is 5.91. The predicted octanol–water partition coefficient (Wildman–Crippen LogP) is 3.44. The second kappa shape index (κ2) is 5.88. The molecule has 4 nitrogen and oxygen atoms in total. The van der Waals surface area contributed by atoms with Gasteiger partial charge in [-0.3, -0.25) is 4.79 Å². The van der Waals surface area contributed by atoms with Crippen molar-refractivity contribution in [3.8, 4) is 5.75 Å². The van der Waals surface area contributed by atoms with Gasteiger partial charge in [-0.2, -0.15) is 0 Å². The van der Waals surface area contributed by atoms with E-state index in [1.807, 2.05) is 0 Å². The molecule has 1 aromatic heterocycles. The van der Waals surface area contributed by atoms with Crippen molar-refractivity contribution in [3.63, 3.8) is 0 Å². The van der Waals surface area contributed by atoms with Crippen molar-refractivity contribution in [1.82, 2.24) is 4.98 Å². The van der Waals surface area contributed by atoms with Crippen LogP contribution in [0.1, 0.15) is 15.9 Å². The minimum Gasteiger partial charge on any atom is -0.497 e. The zero-order chi connectivity index (χ0) is 14.7. The van der Waals surface area contributed by atoms with E-state index >= 15 is 0 Å². The molecule has 2 aromatic rings. The third kappa shape index (κ3) is 2.88. The van der Waals surface area contributed by atoms with Crippen LogP contribution in [0.5, 0.6) is 5.75 Å². The van der Waals surface area contributed by atoms with Crippen molar-refractivity contribution in [2.75, 3.05) is 12.4 Å². The minimum absolute atomic E-state index is 0.0925. The second-order valence-electron chi connectivity index (χ2n) is 4.09. The number of anilines is 1. The third-order valence-electron chi connectivity index (χ3n) is 2.77. The van der Waals surface area contributed by atoms with Crippen molar-refractivity contribution >= 4 is 23.2 Å². The summed E-state index contributed by atoms with van der Waals surface area (Å²) in [4.78, 5) is 15.9. The summed E-state index contributed by atoms with van der Waals surface area (Å²) in [7, 11) is 1.42. The van der Waals surface area contributed by atoms with Gasteiger partial charge in [0.25, 0.3) is 5.91 Å². The number of pyridine rings is 1. The largest absolute Gasteiger partial charge is 0.497 e. The number of methoxy groups -OCH3 is 1. The van der Waals surface area contributed by atoms with Crippen molar-refractivity contribution in [1.29, 1.82) is 0 Å². The maximum atomic E-state index is 13.8. The van der Waals surface area contributed by atoms with Gasteiger partial charge in [0.2, 0.25) is 0 Å². The predicted molar refractivity (Wildman–Crippen MR) is 74.9 cm³/mol. The van der Waals surface area contributed by atoms with Gasteiger partial charge in [0.1, 0.15) is 11.6 Å². The van der Waals surface area contributed by atoms with Crippen molar-refractivity contribution < 1.29 is 13.9 Å². The number of ether oxygens (including phenoxy) is 1. The fourth-order valence-corrected chi connectivity index (χ4v) is 1.92. The summed E-state index contributed by atoms with van der Waals surface area (Å²) in [5.74, 6) is -0.919. The van der Waals surface area contributed by atoms with Crippen molar-refractivity contribution in [2.45, 2.75) is 6.92 Å². The number of carbonyl (C=O) groups is 1. The first-order chi connectivity index (χ1) is 9.52. The fourth-order valence-electron chi connectivity index (χ4n) is 1.66. The summed E-state index contributed by atoms with van der Waals surface area (Å²) in [6, 6.07) is 5.71. The summed E-state index contributed by atoms with van der Waals surface area (Å²) < 4.78 is 18.7. The van der Waals surface area contributed by atoms with Gasteiger partial charge >= 0.3 is 0 Å². The molecule has 0 aliphatic heterocycles. The highest BCUT2D eigenvalue weighted by Crippen LogP contribution is 2.24. The molecule has 0 saturated carbocycles. The number of nitrogens with zero attached hydrogens (tertiary/aromatic N) is 1. The van der Waals surface area contributed by atoms with E-state index in [9.17, 15) is 9.18 Å². The molecule has 0 atom stereocenters. The Bertz CT molecular complexity index is 641. The molecular weight excluding hydrogens is 283 g/mol. The van der Waals surface area contributed by atoms with E-state index in [-0.39, 0.29) is 10.7 Å². The van der Waals surface area contributed by atoms with Crippen LogP contribution in [-0.2, 0) is 0 Å². The van der Waals surface area contributed by atoms with Gasteiger partial charge in [0, 0.05) is 12.3 Å². The van der Waals surface area contributed by atoms with Crippen LogP contribution in [0.4, 0.5) is 10.1 Å². The number of hydrogen-bond donors (Lipinski definition) is 1. The monoisotopic (exact) mass is 294 g/mol. The lowest BCUT2D eigenvalue weighted by molar-refractivity contribution is 0.102. The topological polar surface area (TPSA) is 51.2 Å². The number of carbonyl (C=O) groups excluding carboxylic acids is 1. The molecular formula is C14H12ClFN2O2. The lowest BCUT2D eigenvalue weighted by Crippen LogP contribution is -2.15. The van der Waals surface area contributed by atoms with Crippen LogP contribution >= 0.6 is 11.6 Å². The maximum absolute atomic E-state index is 13.8. The highest BCUT2D eigenvalue weighted by Gasteiger charge is 2.15. The van der Waals surface area contributed by atoms with Gasteiger partial charge in [0.05, 0.1) is 18.4 Å². The highest BCUT2D eigenvalue weighted by molar-refractivity contribution is 6.32. The van der Waals surface area contributed by atoms with Crippen LogP contribution in [0.3, 0.4) is 0 Å². The summed E-state index contributed by atoms with van der Waals surface area (Å²) in [5, 5.41) is 2.72. The molecule has 0 aliphatic rings. The number of amides is 1. The molecule has 1 N–H and O–H groups in total. The molecule has 1 aromatic carbocycles. The minimum atomic E-state index is -0.667. The van der Waals surface area contributed by atoms with E-state index in [1.54, 1.807) is 13.0 Å². The first-order valence-corrected chi connectivity index (χ1v) is 6.16. The van der Waals surface area contributed by atoms with Crippen molar-refractivity contribution in [2.24, 2.45) is 0 Å². The lowest BCUT2D eigenvalue weighted by atomic mass is 10.1. The quantitative estimate of drug-likeness (QED) is 0.882. The fraction of sp³-hybridized carbons (Fsp3) is 0.143. The number of aromatic nitrogens is 1. The Balaban J connectivity index is 2.29. The van der Waals surface area contributed by atoms with E-state index in [0.717, 1.165) is 11.6 Å². The third-order valence-corrected chi connectivity index (χ3v) is 3.06. The van der Waals surface area contributed by atoms with Gasteiger partial charge in [-0.15, -0.1) is 0 Å². The first-order valence-electron chi connectivity index (χ1n) is 5.79. The van der Waals surface area contributed by atoms with Gasteiger partial charge in [-0.1, -0.05) is 11.6 Å². The molecule has 0 saturated heterocycles. The van der Waals surface area contributed by atoms with Crippen LogP contribution in [0.15, 0.2) is 30.5 Å². The molecule has 0 aliphatic carbocycles. The van der Waals surface area contributed by atoms with Crippen LogP contribution in [0, 0.1) is 12.7 Å². The van der Waals surface area contributed by atoms with Crippen LogP contribution < -0.4 is 10.1 Å². The molecule has 0 fully saturated rings. The molecule has 0 radical (unpaired) electrons. The lowest BCUT2D eigenvalue weighted by Gasteiger charge is -2.10. The standard InChI is InChI=1S/C14H12ClFN2O2/c1-8-5-6-17-13(15)12(8)18-14(19)10-4-3-9(20-2)7-11(10)16/h3-7H,1-2H3,(H,18,19). The molecule has 0 unspecified atom stereocenters. The zero-order valence-corrected chi connectivity index (χ0v) is 11.7. The number of benzene rings is 1. The Morgan fingerprint density at radius 1 is 1.40 bits per heavy atom. The zero-order valence-electron chi connectivity index (χ0n) is 10.9. The SMILES string of the molecule is COc1ccc(C(=O)Nc2c(C)ccnc2Cl)c(F)c1. The van der Waals surface area contributed by atoms with Crippen LogP contribution in [-0.4, -0.2) is 18.0 Å². The van der Waals surface area contributed by atoms with Gasteiger partial charge in [0.15, 0.2) is 5.15 Å². The average molecular weight is 295 g/mol. The van der Waals surface area contributed by atoms with E-state index in [1.165, 1.54) is 25.4 Å². The molecule has 2 rings (SSSR count). The molecule has 1 amide bonds. The average Bonchev–Trinajstić information content (AvgIpc) is 2.42. The van der Waals surface area contributed by atoms with Gasteiger partial charge in [-0.05, 0) is 30.7 Å². The van der Waals surface area contributed by atoms with E-state index in [4.69, 9.17) is 16.3 Å². The van der Waals surface area contributed by atoms with Crippen LogP contribution in [0.2, 0.25) is 5.15 Å². The number of nitrogens with one attached hydrogen (secondary N) is 1. The Labute approximate surface area is 120 Å². The van der Waals surface area contributed by atoms with Crippen LogP contribution in [0.25, 0.3) is 0 Å². The molecule has 20 heavy (non-hydrogen) atoms. The smallest absolute Gasteiger partial charge is 0.258 e. The summed E-state index contributed by atoms with van der Waals surface area (Å²) in [6.07, 6.45) is 1.53. The summed E-state index contributed by atoms with van der Waals surface area (Å²) in [5.41, 5.74) is 1.02. The van der Waals surface area contributed by atoms with E-state index < -0.39 is 11.7 Å². The Morgan fingerprint density at radius 2 is 2.15 bits per heavy atom. The number of rotatable bonds is 3. The number of hydrogen-bond acceptors (Lipinski definition) is 3. The first kappa shape index (κ1) is 14.3. The van der Waals surface area contributed by atoms with E-state index in [2.05, 4.69) is 10.3 Å². The van der Waals surface area contributed by atoms with E-state index in [0.29, 0.717) is 11.4 Å². The molecule has 104 valence electrons. The van der Waals surface area contributed by atoms with Gasteiger partial charge in [-0.25, -0.2) is 9.37 Å². The Kier molecular flexibility index (Phi) is 4.20. The maximum Gasteiger partial charge on any atom is 0.258 e. The molecule has 0 spiro atoms. The second-order valence-corrected chi connectivity index (χ2v) is 4.45. The molecule has 6 heteroatoms. The molecule has 1 heterocycles. The Morgan fingerprint density at radius 3 is 2.75 bits per heavy atom. The molecule has 0 bridgehead atoms. The van der Waals surface area contributed by atoms with Crippen molar-refractivity contribution in [3.05, 3.63) is 52.6 Å². The number of halogens is 2. The highest BCUT2D eigenvalue weighted by atomic mass is 35.5. The van der Waals surface area contributed by atoms with Gasteiger partial charge < -0.3 is 10.1 Å². The Hall–Kier alpha value is -2.14. The number of aryl methyl sites for hydroxylation is 1.